The van der Waals surface area contributed by atoms with Crippen molar-refractivity contribution in [3.63, 3.8) is 0 Å². The standard InChI is InChI=1S/C48H34S3/c1-3-13-35-31(9-1)33-11-5-7-15-37(33)41-27-29(17-19-39(35)41)43-21-23-45(49-43)47-25-26-48(51-47)46-24-22-44(50-46)30-18-20-40-36-14-4-2-10-32(36)34-12-6-8-16-38(34)42(40)28-30/h1-21,23,25,27-28,44,46,48H,22,24,26H2. The summed E-state index contributed by atoms with van der Waals surface area (Å²) in [6.07, 6.45) is 6.24. The molecule has 0 spiro atoms. The van der Waals surface area contributed by atoms with Crippen LogP contribution in [-0.4, -0.2) is 10.5 Å². The van der Waals surface area contributed by atoms with Gasteiger partial charge in [-0.25, -0.2) is 0 Å². The number of thiophene rings is 1. The predicted molar refractivity (Wildman–Crippen MR) is 229 cm³/mol. The van der Waals surface area contributed by atoms with E-state index in [1.807, 2.05) is 11.3 Å². The summed E-state index contributed by atoms with van der Waals surface area (Å²) in [4.78, 5) is 4.23. The number of hydrogen-bond acceptors (Lipinski definition) is 3. The van der Waals surface area contributed by atoms with Crippen molar-refractivity contribution >= 4 is 104 Å². The molecule has 51 heavy (non-hydrogen) atoms. The molecule has 11 rings (SSSR count). The van der Waals surface area contributed by atoms with Gasteiger partial charge in [0.1, 0.15) is 0 Å². The van der Waals surface area contributed by atoms with Crippen LogP contribution in [0.3, 0.4) is 0 Å². The van der Waals surface area contributed by atoms with Crippen LogP contribution in [0.2, 0.25) is 0 Å². The molecule has 0 nitrogen and oxygen atoms in total. The van der Waals surface area contributed by atoms with E-state index in [0.29, 0.717) is 15.7 Å². The average molecular weight is 707 g/mol. The van der Waals surface area contributed by atoms with E-state index in [2.05, 4.69) is 175 Å². The number of hydrogen-bond donors (Lipinski definition) is 0. The Hall–Kier alpha value is -4.54. The molecule has 0 saturated carbocycles. The van der Waals surface area contributed by atoms with E-state index in [0.717, 1.165) is 0 Å². The van der Waals surface area contributed by atoms with E-state index in [9.17, 15) is 0 Å². The highest BCUT2D eigenvalue weighted by molar-refractivity contribution is 8.10. The van der Waals surface area contributed by atoms with Gasteiger partial charge in [-0.3, -0.25) is 0 Å². The van der Waals surface area contributed by atoms with Crippen LogP contribution in [0, 0.1) is 0 Å². The van der Waals surface area contributed by atoms with Crippen molar-refractivity contribution in [2.24, 2.45) is 0 Å². The zero-order valence-electron chi connectivity index (χ0n) is 28.0. The summed E-state index contributed by atoms with van der Waals surface area (Å²) in [5, 5.41) is 18.1. The predicted octanol–water partition coefficient (Wildman–Crippen LogP) is 14.8. The fourth-order valence-electron chi connectivity index (χ4n) is 8.86. The Morgan fingerprint density at radius 1 is 0.412 bits per heavy atom. The van der Waals surface area contributed by atoms with Crippen LogP contribution in [-0.2, 0) is 0 Å². The maximum Gasteiger partial charge on any atom is 0.0409 e. The molecule has 2 aliphatic rings. The molecule has 0 bridgehead atoms. The molecular weight excluding hydrogens is 673 g/mol. The first kappa shape index (κ1) is 30.1. The molecule has 0 N–H and O–H groups in total. The van der Waals surface area contributed by atoms with Crippen LogP contribution in [0.25, 0.3) is 80.0 Å². The van der Waals surface area contributed by atoms with E-state index >= 15 is 0 Å². The molecule has 3 heteroatoms. The number of allylic oxidation sites excluding steroid dienone is 1. The van der Waals surface area contributed by atoms with Gasteiger partial charge < -0.3 is 0 Å². The minimum Gasteiger partial charge on any atom is -0.149 e. The van der Waals surface area contributed by atoms with Gasteiger partial charge >= 0.3 is 0 Å². The van der Waals surface area contributed by atoms with Gasteiger partial charge in [-0.2, -0.15) is 0 Å². The maximum atomic E-state index is 2.52. The number of benzene rings is 8. The summed E-state index contributed by atoms with van der Waals surface area (Å²) in [6, 6.07) is 54.7. The summed E-state index contributed by atoms with van der Waals surface area (Å²) < 4.78 is 0. The van der Waals surface area contributed by atoms with E-state index in [1.54, 1.807) is 0 Å². The number of fused-ring (bicyclic) bond motifs is 12. The zero-order chi connectivity index (χ0) is 33.5. The fraction of sp³-hybridized carbons (Fsp3) is 0.125. The van der Waals surface area contributed by atoms with Gasteiger partial charge in [0.15, 0.2) is 0 Å². The summed E-state index contributed by atoms with van der Waals surface area (Å²) >= 11 is 6.31. The van der Waals surface area contributed by atoms with E-state index in [-0.39, 0.29) is 0 Å². The Balaban J connectivity index is 0.842. The van der Waals surface area contributed by atoms with E-state index in [1.165, 1.54) is 110 Å². The Morgan fingerprint density at radius 3 is 1.49 bits per heavy atom. The van der Waals surface area contributed by atoms with Gasteiger partial charge in [-0.05, 0) is 119 Å². The molecule has 244 valence electrons. The molecule has 2 aliphatic heterocycles. The number of thioether (sulfide) groups is 2. The second-order valence-electron chi connectivity index (χ2n) is 14.1. The van der Waals surface area contributed by atoms with Crippen molar-refractivity contribution in [3.8, 4) is 10.4 Å². The topological polar surface area (TPSA) is 0 Å². The van der Waals surface area contributed by atoms with Crippen LogP contribution >= 0.6 is 34.9 Å². The van der Waals surface area contributed by atoms with Crippen LogP contribution < -0.4 is 0 Å². The first-order valence-corrected chi connectivity index (χ1v) is 20.7. The van der Waals surface area contributed by atoms with Crippen molar-refractivity contribution in [3.05, 3.63) is 162 Å². The van der Waals surface area contributed by atoms with Crippen molar-refractivity contribution in [2.75, 3.05) is 0 Å². The van der Waals surface area contributed by atoms with Gasteiger partial charge in [0, 0.05) is 30.4 Å². The molecule has 3 atom stereocenters. The summed E-state index contributed by atoms with van der Waals surface area (Å²) in [7, 11) is 0. The number of rotatable bonds is 4. The van der Waals surface area contributed by atoms with Gasteiger partial charge in [0.05, 0.1) is 0 Å². The third-order valence-corrected chi connectivity index (χ3v) is 16.0. The van der Waals surface area contributed by atoms with Crippen LogP contribution in [0.15, 0.2) is 152 Å². The summed E-state index contributed by atoms with van der Waals surface area (Å²) in [5.74, 6) is 0. The van der Waals surface area contributed by atoms with Crippen molar-refractivity contribution in [2.45, 2.75) is 35.0 Å². The van der Waals surface area contributed by atoms with E-state index < -0.39 is 0 Å². The first-order chi connectivity index (χ1) is 25.3. The summed E-state index contributed by atoms with van der Waals surface area (Å²) in [6.45, 7) is 0. The Labute approximate surface area is 310 Å². The maximum absolute atomic E-state index is 2.52. The molecular formula is C48H34S3. The van der Waals surface area contributed by atoms with Crippen molar-refractivity contribution < 1.29 is 0 Å². The van der Waals surface area contributed by atoms with Crippen LogP contribution in [0.4, 0.5) is 0 Å². The lowest BCUT2D eigenvalue weighted by Crippen LogP contribution is -2.13. The minimum absolute atomic E-state index is 0.559. The molecule has 1 saturated heterocycles. The zero-order valence-corrected chi connectivity index (χ0v) is 30.5. The minimum atomic E-state index is 0.559. The molecule has 9 aromatic rings. The Kier molecular flexibility index (Phi) is 7.10. The smallest absolute Gasteiger partial charge is 0.0409 e. The highest BCUT2D eigenvalue weighted by Crippen LogP contribution is 2.54. The molecule has 1 fully saturated rings. The lowest BCUT2D eigenvalue weighted by Gasteiger charge is -2.19. The molecule has 8 aromatic carbocycles. The van der Waals surface area contributed by atoms with Crippen LogP contribution in [0.1, 0.15) is 35.0 Å². The third kappa shape index (κ3) is 4.89. The molecule has 3 unspecified atom stereocenters. The third-order valence-electron chi connectivity index (χ3n) is 11.3. The Bertz CT molecular complexity index is 2810. The average Bonchev–Trinajstić information content (AvgIpc) is 4.00. The van der Waals surface area contributed by atoms with Crippen molar-refractivity contribution in [1.82, 2.24) is 0 Å². The van der Waals surface area contributed by atoms with E-state index in [4.69, 9.17) is 0 Å². The fourth-order valence-corrected chi connectivity index (χ4v) is 13.2. The monoisotopic (exact) mass is 706 g/mol. The molecule has 1 aromatic heterocycles. The van der Waals surface area contributed by atoms with Crippen molar-refractivity contribution in [1.29, 1.82) is 0 Å². The molecule has 0 amide bonds. The van der Waals surface area contributed by atoms with Gasteiger partial charge in [-0.15, -0.1) is 34.9 Å². The van der Waals surface area contributed by atoms with Gasteiger partial charge in [0.2, 0.25) is 0 Å². The largest absolute Gasteiger partial charge is 0.149 e. The lowest BCUT2D eigenvalue weighted by molar-refractivity contribution is 0.715. The molecule has 3 heterocycles. The lowest BCUT2D eigenvalue weighted by atomic mass is 9.92. The highest BCUT2D eigenvalue weighted by Gasteiger charge is 2.35. The normalized spacial score (nSPS) is 19.3. The van der Waals surface area contributed by atoms with Crippen LogP contribution in [0.5, 0.6) is 0 Å². The molecule has 0 aliphatic carbocycles. The first-order valence-electron chi connectivity index (χ1n) is 18.1. The molecule has 0 radical (unpaired) electrons. The quantitative estimate of drug-likeness (QED) is 0.167. The summed E-state index contributed by atoms with van der Waals surface area (Å²) in [5.41, 5.74) is 2.80. The van der Waals surface area contributed by atoms with Gasteiger partial charge in [-0.1, -0.05) is 127 Å². The SMILES string of the molecule is C1=C(c2ccc(-c3ccc4c5ccccc5c5ccccc5c4c3)s2)SC(C2CCC(c3ccc4c5ccccc5c5ccccc5c4c3)S2)C1. The second kappa shape index (κ2) is 12.0. The highest BCUT2D eigenvalue weighted by atomic mass is 32.2. The Morgan fingerprint density at radius 2 is 0.902 bits per heavy atom. The second-order valence-corrected chi connectivity index (χ2v) is 17.9. The van der Waals surface area contributed by atoms with Gasteiger partial charge in [0.25, 0.3) is 0 Å².